The van der Waals surface area contributed by atoms with E-state index in [0.29, 0.717) is 17.5 Å². The number of halogens is 1. The molecule has 1 atom stereocenters. The van der Waals surface area contributed by atoms with Gasteiger partial charge in [-0.1, -0.05) is 17.7 Å². The quantitative estimate of drug-likeness (QED) is 0.941. The van der Waals surface area contributed by atoms with Crippen LogP contribution in [0.25, 0.3) is 0 Å². The zero-order valence-electron chi connectivity index (χ0n) is 11.9. The lowest BCUT2D eigenvalue weighted by Gasteiger charge is -2.32. The summed E-state index contributed by atoms with van der Waals surface area (Å²) in [7, 11) is 0. The van der Waals surface area contributed by atoms with Crippen LogP contribution in [-0.2, 0) is 4.79 Å². The van der Waals surface area contributed by atoms with E-state index in [-0.39, 0.29) is 11.8 Å². The largest absolute Gasteiger partial charge is 0.354 e. The molecular weight excluding hydrogens is 302 g/mol. The third-order valence-corrected chi connectivity index (χ3v) is 3.85. The molecule has 22 heavy (non-hydrogen) atoms. The highest BCUT2D eigenvalue weighted by Gasteiger charge is 2.26. The van der Waals surface area contributed by atoms with Gasteiger partial charge in [-0.2, -0.15) is 0 Å². The van der Waals surface area contributed by atoms with Crippen molar-refractivity contribution in [1.29, 1.82) is 0 Å². The zero-order chi connectivity index (χ0) is 15.4. The van der Waals surface area contributed by atoms with Gasteiger partial charge in [-0.3, -0.25) is 4.79 Å². The van der Waals surface area contributed by atoms with Crippen molar-refractivity contribution in [2.45, 2.75) is 12.8 Å². The van der Waals surface area contributed by atoms with Gasteiger partial charge < -0.3 is 10.2 Å². The second-order valence-corrected chi connectivity index (χ2v) is 5.59. The number of anilines is 2. The van der Waals surface area contributed by atoms with Crippen LogP contribution in [-0.4, -0.2) is 34.2 Å². The van der Waals surface area contributed by atoms with Crippen molar-refractivity contribution in [2.24, 2.45) is 5.92 Å². The number of nitrogens with one attached hydrogen (secondary N) is 1. The number of hydrogen-bond acceptors (Lipinski definition) is 5. The molecule has 6 nitrogen and oxygen atoms in total. The molecule has 7 heteroatoms. The predicted molar refractivity (Wildman–Crippen MR) is 84.8 cm³/mol. The van der Waals surface area contributed by atoms with Gasteiger partial charge in [-0.25, -0.2) is 4.98 Å². The SMILES string of the molecule is O=C(Nc1ccccn1)[C@@H]1CCCN(c2ccc(Cl)nn2)C1. The van der Waals surface area contributed by atoms with Crippen LogP contribution in [0, 0.1) is 5.92 Å². The van der Waals surface area contributed by atoms with Crippen LogP contribution >= 0.6 is 11.6 Å². The number of piperidine rings is 1. The van der Waals surface area contributed by atoms with Crippen LogP contribution in [0.5, 0.6) is 0 Å². The van der Waals surface area contributed by atoms with E-state index in [0.717, 1.165) is 25.2 Å². The van der Waals surface area contributed by atoms with Crippen LogP contribution in [0.4, 0.5) is 11.6 Å². The summed E-state index contributed by atoms with van der Waals surface area (Å²) >= 11 is 5.76. The minimum absolute atomic E-state index is 0.00896. The number of nitrogens with zero attached hydrogens (tertiary/aromatic N) is 4. The Kier molecular flexibility index (Phi) is 4.48. The summed E-state index contributed by atoms with van der Waals surface area (Å²) in [4.78, 5) is 18.5. The molecule has 0 radical (unpaired) electrons. The van der Waals surface area contributed by atoms with Gasteiger partial charge >= 0.3 is 0 Å². The summed E-state index contributed by atoms with van der Waals surface area (Å²) in [5.74, 6) is 1.23. The second-order valence-electron chi connectivity index (χ2n) is 5.20. The van der Waals surface area contributed by atoms with Gasteiger partial charge in [-0.15, -0.1) is 10.2 Å². The van der Waals surface area contributed by atoms with Gasteiger partial charge in [0.05, 0.1) is 5.92 Å². The molecule has 1 aliphatic heterocycles. The molecule has 2 aromatic rings. The van der Waals surface area contributed by atoms with E-state index in [2.05, 4.69) is 25.4 Å². The van der Waals surface area contributed by atoms with E-state index in [4.69, 9.17) is 11.6 Å². The normalized spacial score (nSPS) is 18.0. The van der Waals surface area contributed by atoms with Crippen molar-refractivity contribution in [2.75, 3.05) is 23.3 Å². The van der Waals surface area contributed by atoms with E-state index in [9.17, 15) is 4.79 Å². The first-order valence-corrected chi connectivity index (χ1v) is 7.56. The molecular formula is C15H16ClN5O. The molecule has 1 amide bonds. The van der Waals surface area contributed by atoms with Crippen LogP contribution < -0.4 is 10.2 Å². The smallest absolute Gasteiger partial charge is 0.230 e. The number of hydrogen-bond donors (Lipinski definition) is 1. The molecule has 1 aliphatic rings. The maximum absolute atomic E-state index is 12.4. The van der Waals surface area contributed by atoms with Crippen LogP contribution in [0.15, 0.2) is 36.5 Å². The molecule has 3 rings (SSSR count). The Morgan fingerprint density at radius 3 is 2.91 bits per heavy atom. The Morgan fingerprint density at radius 1 is 1.27 bits per heavy atom. The van der Waals surface area contributed by atoms with Crippen molar-refractivity contribution >= 4 is 29.1 Å². The lowest BCUT2D eigenvalue weighted by Crippen LogP contribution is -2.41. The lowest BCUT2D eigenvalue weighted by atomic mass is 9.97. The molecule has 1 fully saturated rings. The summed E-state index contributed by atoms with van der Waals surface area (Å²) in [6, 6.07) is 8.98. The van der Waals surface area contributed by atoms with Gasteiger partial charge in [-0.05, 0) is 37.1 Å². The Balaban J connectivity index is 1.65. The first-order valence-electron chi connectivity index (χ1n) is 7.18. The number of carbonyl (C=O) groups is 1. The minimum Gasteiger partial charge on any atom is -0.354 e. The number of aromatic nitrogens is 3. The summed E-state index contributed by atoms with van der Waals surface area (Å²) in [6.45, 7) is 1.48. The van der Waals surface area contributed by atoms with Crippen LogP contribution in [0.2, 0.25) is 5.15 Å². The number of carbonyl (C=O) groups excluding carboxylic acids is 1. The van der Waals surface area contributed by atoms with Gasteiger partial charge in [0.1, 0.15) is 5.82 Å². The number of pyridine rings is 1. The van der Waals surface area contributed by atoms with Crippen molar-refractivity contribution in [3.63, 3.8) is 0 Å². The second kappa shape index (κ2) is 6.70. The van der Waals surface area contributed by atoms with Gasteiger partial charge in [0.25, 0.3) is 0 Å². The highest BCUT2D eigenvalue weighted by atomic mass is 35.5. The molecule has 114 valence electrons. The standard InChI is InChI=1S/C15H16ClN5O/c16-12-6-7-14(20-19-12)21-9-3-4-11(10-21)15(22)18-13-5-1-2-8-17-13/h1-2,5-8,11H,3-4,9-10H2,(H,17,18,22)/t11-/m1/s1. The molecule has 0 unspecified atom stereocenters. The fourth-order valence-electron chi connectivity index (χ4n) is 2.54. The highest BCUT2D eigenvalue weighted by molar-refractivity contribution is 6.29. The monoisotopic (exact) mass is 317 g/mol. The van der Waals surface area contributed by atoms with Crippen molar-refractivity contribution in [1.82, 2.24) is 15.2 Å². The summed E-state index contributed by atoms with van der Waals surface area (Å²) in [5.41, 5.74) is 0. The van der Waals surface area contributed by atoms with E-state index in [1.165, 1.54) is 0 Å². The Hall–Kier alpha value is -2.21. The first kappa shape index (κ1) is 14.7. The third-order valence-electron chi connectivity index (χ3n) is 3.65. The number of rotatable bonds is 3. The Bertz CT molecular complexity index is 634. The van der Waals surface area contributed by atoms with Crippen molar-refractivity contribution in [3.05, 3.63) is 41.7 Å². The fourth-order valence-corrected chi connectivity index (χ4v) is 2.64. The average molecular weight is 318 g/mol. The van der Waals surface area contributed by atoms with Gasteiger partial charge in [0.15, 0.2) is 11.0 Å². The molecule has 0 saturated carbocycles. The molecule has 1 saturated heterocycles. The van der Waals surface area contributed by atoms with Crippen LogP contribution in [0.1, 0.15) is 12.8 Å². The summed E-state index contributed by atoms with van der Waals surface area (Å²) < 4.78 is 0. The number of amides is 1. The lowest BCUT2D eigenvalue weighted by molar-refractivity contribution is -0.120. The van der Waals surface area contributed by atoms with Gasteiger partial charge in [0.2, 0.25) is 5.91 Å². The molecule has 2 aromatic heterocycles. The molecule has 0 spiro atoms. The molecule has 0 aromatic carbocycles. The molecule has 0 bridgehead atoms. The average Bonchev–Trinajstić information content (AvgIpc) is 2.56. The maximum Gasteiger partial charge on any atom is 0.230 e. The van der Waals surface area contributed by atoms with Crippen molar-refractivity contribution in [3.8, 4) is 0 Å². The summed E-state index contributed by atoms with van der Waals surface area (Å²) in [5, 5.41) is 11.2. The molecule has 3 heterocycles. The molecule has 0 aliphatic carbocycles. The highest BCUT2D eigenvalue weighted by Crippen LogP contribution is 2.22. The van der Waals surface area contributed by atoms with Gasteiger partial charge in [0, 0.05) is 19.3 Å². The van der Waals surface area contributed by atoms with E-state index >= 15 is 0 Å². The Morgan fingerprint density at radius 2 is 2.18 bits per heavy atom. The third kappa shape index (κ3) is 3.51. The van der Waals surface area contributed by atoms with Crippen LogP contribution in [0.3, 0.4) is 0 Å². The van der Waals surface area contributed by atoms with E-state index in [1.807, 2.05) is 18.2 Å². The van der Waals surface area contributed by atoms with E-state index in [1.54, 1.807) is 18.3 Å². The zero-order valence-corrected chi connectivity index (χ0v) is 12.7. The van der Waals surface area contributed by atoms with E-state index < -0.39 is 0 Å². The minimum atomic E-state index is -0.0896. The Labute approximate surface area is 133 Å². The fraction of sp³-hybridized carbons (Fsp3) is 0.333. The predicted octanol–water partition coefficient (Wildman–Crippen LogP) is 2.38. The summed E-state index contributed by atoms with van der Waals surface area (Å²) in [6.07, 6.45) is 3.45. The molecule has 1 N–H and O–H groups in total. The van der Waals surface area contributed by atoms with Crippen molar-refractivity contribution < 1.29 is 4.79 Å². The maximum atomic E-state index is 12.4. The topological polar surface area (TPSA) is 71.0 Å². The first-order chi connectivity index (χ1) is 10.7.